The monoisotopic (exact) mass is 200 g/mol. The van der Waals surface area contributed by atoms with Crippen molar-refractivity contribution in [3.05, 3.63) is 42.7 Å². The van der Waals surface area contributed by atoms with Gasteiger partial charge in [0.25, 0.3) is 0 Å². The Morgan fingerprint density at radius 1 is 1.31 bits per heavy atom. The molecule has 13 heavy (non-hydrogen) atoms. The van der Waals surface area contributed by atoms with Gasteiger partial charge in [-0.2, -0.15) is 0 Å². The summed E-state index contributed by atoms with van der Waals surface area (Å²) >= 11 is 0. The van der Waals surface area contributed by atoms with Crippen molar-refractivity contribution >= 4 is 10.9 Å². The third-order valence-electron chi connectivity index (χ3n) is 1.53. The highest BCUT2D eigenvalue weighted by Crippen LogP contribution is 2.48. The Hall–Kier alpha value is -0.970. The Morgan fingerprint density at radius 3 is 2.31 bits per heavy atom. The quantitative estimate of drug-likeness (QED) is 0.737. The van der Waals surface area contributed by atoms with Crippen LogP contribution >= 0.6 is 10.9 Å². The molecule has 0 fully saturated rings. The molecule has 0 aromatic heterocycles. The summed E-state index contributed by atoms with van der Waals surface area (Å²) in [6.07, 6.45) is 1.02. The van der Waals surface area contributed by atoms with E-state index in [0.717, 1.165) is 11.8 Å². The van der Waals surface area contributed by atoms with E-state index in [0.29, 0.717) is 4.90 Å². The molecule has 0 spiro atoms. The fraction of sp³-hybridized carbons (Fsp3) is 0.111. The van der Waals surface area contributed by atoms with E-state index < -0.39 is 10.9 Å². The van der Waals surface area contributed by atoms with Crippen LogP contribution in [0.3, 0.4) is 0 Å². The van der Waals surface area contributed by atoms with Crippen LogP contribution in [0.15, 0.2) is 42.0 Å². The largest absolute Gasteiger partial charge is 0.408 e. The first-order chi connectivity index (χ1) is 6.06. The van der Waals surface area contributed by atoms with Crippen LogP contribution in [0.5, 0.6) is 0 Å². The van der Waals surface area contributed by atoms with Gasteiger partial charge in [0, 0.05) is 0 Å². The molecule has 1 aromatic carbocycles. The van der Waals surface area contributed by atoms with Crippen LogP contribution in [0, 0.1) is 6.92 Å². The van der Waals surface area contributed by atoms with Crippen LogP contribution in [0.1, 0.15) is 5.56 Å². The second-order valence-corrected chi connectivity index (χ2v) is 4.23. The molecular formula is C9H12O3S. The van der Waals surface area contributed by atoms with Crippen molar-refractivity contribution in [3.63, 3.8) is 0 Å². The Kier molecular flexibility index (Phi) is 2.98. The summed E-state index contributed by atoms with van der Waals surface area (Å²) in [7, 11) is -3.15. The van der Waals surface area contributed by atoms with Crippen LogP contribution in [0.4, 0.5) is 0 Å². The molecule has 0 atom stereocenters. The van der Waals surface area contributed by atoms with Gasteiger partial charge in [-0.05, 0) is 19.1 Å². The van der Waals surface area contributed by atoms with E-state index in [-0.39, 0.29) is 0 Å². The van der Waals surface area contributed by atoms with E-state index >= 15 is 0 Å². The third kappa shape index (κ3) is 2.48. The van der Waals surface area contributed by atoms with Crippen LogP contribution < -0.4 is 0 Å². The van der Waals surface area contributed by atoms with E-state index in [2.05, 4.69) is 10.8 Å². The maximum Gasteiger partial charge on any atom is 0.161 e. The van der Waals surface area contributed by atoms with Gasteiger partial charge in [0.15, 0.2) is 10.9 Å². The maximum atomic E-state index is 9.42. The first-order valence-electron chi connectivity index (χ1n) is 3.70. The highest BCUT2D eigenvalue weighted by molar-refractivity contribution is 8.20. The molecule has 0 saturated carbocycles. The van der Waals surface area contributed by atoms with Gasteiger partial charge < -0.3 is 4.18 Å². The number of hydrogen-bond donors (Lipinski definition) is 2. The summed E-state index contributed by atoms with van der Waals surface area (Å²) in [4.78, 5) is 0.359. The van der Waals surface area contributed by atoms with Crippen LogP contribution in [-0.2, 0) is 4.18 Å². The molecule has 3 nitrogen and oxygen atoms in total. The lowest BCUT2D eigenvalue weighted by Gasteiger charge is -2.24. The minimum Gasteiger partial charge on any atom is -0.408 e. The topological polar surface area (TPSA) is 49.7 Å². The van der Waals surface area contributed by atoms with Crippen molar-refractivity contribution in [1.29, 1.82) is 0 Å². The van der Waals surface area contributed by atoms with Gasteiger partial charge in [-0.1, -0.05) is 24.3 Å². The normalized spacial score (nSPS) is 12.2. The molecule has 0 bridgehead atoms. The predicted molar refractivity (Wildman–Crippen MR) is 53.6 cm³/mol. The Labute approximate surface area is 79.2 Å². The molecule has 0 unspecified atom stereocenters. The van der Waals surface area contributed by atoms with E-state index in [1.165, 1.54) is 0 Å². The van der Waals surface area contributed by atoms with Gasteiger partial charge in [-0.3, -0.25) is 9.11 Å². The summed E-state index contributed by atoms with van der Waals surface area (Å²) in [5.74, 6) is 0. The van der Waals surface area contributed by atoms with Gasteiger partial charge in [-0.25, -0.2) is 0 Å². The minimum absolute atomic E-state index is 0.359. The summed E-state index contributed by atoms with van der Waals surface area (Å²) in [5.41, 5.74) is 1.05. The predicted octanol–water partition coefficient (Wildman–Crippen LogP) is 3.18. The average molecular weight is 200 g/mol. The Morgan fingerprint density at radius 2 is 1.85 bits per heavy atom. The van der Waals surface area contributed by atoms with Crippen molar-refractivity contribution in [3.8, 4) is 0 Å². The Bertz CT molecular complexity index is 292. The zero-order chi connectivity index (χ0) is 9.90. The molecule has 2 N–H and O–H groups in total. The molecular weight excluding hydrogens is 188 g/mol. The highest BCUT2D eigenvalue weighted by atomic mass is 32.3. The van der Waals surface area contributed by atoms with Gasteiger partial charge in [0.2, 0.25) is 0 Å². The molecule has 0 aliphatic rings. The molecule has 1 rings (SSSR count). The fourth-order valence-corrected chi connectivity index (χ4v) is 1.66. The summed E-state index contributed by atoms with van der Waals surface area (Å²) in [6.45, 7) is 5.19. The molecule has 0 radical (unpaired) electrons. The molecule has 0 saturated heterocycles. The lowest BCUT2D eigenvalue weighted by molar-refractivity contribution is 0.351. The maximum absolute atomic E-state index is 9.42. The number of hydrogen-bond acceptors (Lipinski definition) is 3. The first-order valence-corrected chi connectivity index (χ1v) is 5.17. The molecule has 0 heterocycles. The standard InChI is InChI=1S/C9H12O3S/c1-3-12-13(10,11)9-6-4-8(2)5-7-9/h3-7,10-11H,1H2,2H3. The van der Waals surface area contributed by atoms with E-state index in [1.54, 1.807) is 24.3 Å². The van der Waals surface area contributed by atoms with Gasteiger partial charge in [0.1, 0.15) is 0 Å². The number of benzene rings is 1. The SMILES string of the molecule is C=COS(O)(O)c1ccc(C)cc1. The molecule has 1 aromatic rings. The summed E-state index contributed by atoms with van der Waals surface area (Å²) < 4.78 is 23.5. The van der Waals surface area contributed by atoms with Crippen LogP contribution in [-0.4, -0.2) is 9.11 Å². The number of rotatable bonds is 3. The van der Waals surface area contributed by atoms with Gasteiger partial charge in [0.05, 0.1) is 11.2 Å². The fourth-order valence-electron chi connectivity index (χ4n) is 0.866. The third-order valence-corrected chi connectivity index (χ3v) is 2.82. The second kappa shape index (κ2) is 3.83. The first kappa shape index (κ1) is 10.1. The van der Waals surface area contributed by atoms with Gasteiger partial charge in [-0.15, -0.1) is 0 Å². The van der Waals surface area contributed by atoms with Crippen molar-refractivity contribution in [2.75, 3.05) is 0 Å². The Balaban J connectivity index is 2.93. The molecule has 72 valence electrons. The lowest BCUT2D eigenvalue weighted by atomic mass is 10.2. The zero-order valence-corrected chi connectivity index (χ0v) is 8.12. The van der Waals surface area contributed by atoms with Crippen LogP contribution in [0.25, 0.3) is 0 Å². The lowest BCUT2D eigenvalue weighted by Crippen LogP contribution is -1.98. The summed E-state index contributed by atoms with van der Waals surface area (Å²) in [6, 6.07) is 6.81. The van der Waals surface area contributed by atoms with Gasteiger partial charge >= 0.3 is 0 Å². The van der Waals surface area contributed by atoms with E-state index in [1.807, 2.05) is 6.92 Å². The van der Waals surface area contributed by atoms with Crippen molar-refractivity contribution in [2.24, 2.45) is 0 Å². The zero-order valence-electron chi connectivity index (χ0n) is 7.30. The molecule has 0 aliphatic carbocycles. The van der Waals surface area contributed by atoms with E-state index in [9.17, 15) is 9.11 Å². The summed E-state index contributed by atoms with van der Waals surface area (Å²) in [5, 5.41) is 0. The highest BCUT2D eigenvalue weighted by Gasteiger charge is 2.19. The van der Waals surface area contributed by atoms with Crippen molar-refractivity contribution in [2.45, 2.75) is 11.8 Å². The van der Waals surface area contributed by atoms with Crippen LogP contribution in [0.2, 0.25) is 0 Å². The molecule has 4 heteroatoms. The van der Waals surface area contributed by atoms with Crippen molar-refractivity contribution in [1.82, 2.24) is 0 Å². The molecule has 0 amide bonds. The smallest absolute Gasteiger partial charge is 0.161 e. The second-order valence-electron chi connectivity index (χ2n) is 2.57. The van der Waals surface area contributed by atoms with E-state index in [4.69, 9.17) is 0 Å². The van der Waals surface area contributed by atoms with Crippen molar-refractivity contribution < 1.29 is 13.3 Å². The average Bonchev–Trinajstić information content (AvgIpc) is 2.05. The number of aryl methyl sites for hydroxylation is 1. The minimum atomic E-state index is -3.15. The molecule has 0 aliphatic heterocycles.